The maximum Gasteiger partial charge on any atom is 0.509 e. The van der Waals surface area contributed by atoms with Crippen molar-refractivity contribution in [2.24, 2.45) is 0 Å². The first-order chi connectivity index (χ1) is 9.40. The minimum Gasteiger partial charge on any atom is -0.435 e. The molecule has 0 heterocycles. The molecule has 2 atom stereocenters. The highest BCUT2D eigenvalue weighted by molar-refractivity contribution is 5.82. The first kappa shape index (κ1) is 18.0. The van der Waals surface area contributed by atoms with Crippen LogP contribution in [0.4, 0.5) is 9.59 Å². The van der Waals surface area contributed by atoms with E-state index >= 15 is 0 Å². The fraction of sp³-hybridized carbons (Fsp3) is 0.750. The van der Waals surface area contributed by atoms with Crippen molar-refractivity contribution >= 4 is 18.2 Å². The number of carbonyl (C=O) groups excluding carboxylic acids is 3. The van der Waals surface area contributed by atoms with Gasteiger partial charge in [0, 0.05) is 0 Å². The molecular weight excluding hydrogens is 270 g/mol. The van der Waals surface area contributed by atoms with Crippen LogP contribution in [0.1, 0.15) is 27.7 Å². The first-order valence-corrected chi connectivity index (χ1v) is 6.35. The van der Waals surface area contributed by atoms with E-state index in [1.165, 1.54) is 6.92 Å². The highest BCUT2D eigenvalue weighted by Gasteiger charge is 2.19. The number of rotatable bonds is 7. The quantitative estimate of drug-likeness (QED) is 0.704. The van der Waals surface area contributed by atoms with Crippen molar-refractivity contribution in [2.75, 3.05) is 19.8 Å². The number of ether oxygens (including phenoxy) is 4. The molecule has 8 nitrogen and oxygen atoms in total. The SMILES string of the molecule is CCOC(=O)O[C@@H](C)CNC(=O)[C@@H](C)OC(=O)OCC. The van der Waals surface area contributed by atoms with Crippen molar-refractivity contribution in [3.63, 3.8) is 0 Å². The zero-order chi connectivity index (χ0) is 15.5. The highest BCUT2D eigenvalue weighted by Crippen LogP contribution is 1.97. The van der Waals surface area contributed by atoms with Gasteiger partial charge in [0.2, 0.25) is 0 Å². The van der Waals surface area contributed by atoms with Crippen LogP contribution in [0.3, 0.4) is 0 Å². The largest absolute Gasteiger partial charge is 0.509 e. The van der Waals surface area contributed by atoms with Crippen molar-refractivity contribution in [1.82, 2.24) is 5.32 Å². The Morgan fingerprint density at radius 1 is 0.950 bits per heavy atom. The summed E-state index contributed by atoms with van der Waals surface area (Å²) in [5.41, 5.74) is 0. The smallest absolute Gasteiger partial charge is 0.435 e. The molecule has 0 aromatic carbocycles. The summed E-state index contributed by atoms with van der Waals surface area (Å²) < 4.78 is 18.7. The van der Waals surface area contributed by atoms with Crippen molar-refractivity contribution in [1.29, 1.82) is 0 Å². The van der Waals surface area contributed by atoms with Crippen LogP contribution in [0.25, 0.3) is 0 Å². The maximum atomic E-state index is 11.6. The van der Waals surface area contributed by atoms with Crippen LogP contribution in [-0.4, -0.2) is 50.2 Å². The van der Waals surface area contributed by atoms with Crippen molar-refractivity contribution in [2.45, 2.75) is 39.9 Å². The van der Waals surface area contributed by atoms with Gasteiger partial charge in [-0.2, -0.15) is 0 Å². The number of hydrogen-bond acceptors (Lipinski definition) is 7. The van der Waals surface area contributed by atoms with E-state index in [2.05, 4.69) is 14.8 Å². The lowest BCUT2D eigenvalue weighted by Gasteiger charge is -2.16. The molecule has 0 radical (unpaired) electrons. The first-order valence-electron chi connectivity index (χ1n) is 6.35. The van der Waals surface area contributed by atoms with E-state index in [-0.39, 0.29) is 19.8 Å². The van der Waals surface area contributed by atoms with E-state index in [4.69, 9.17) is 9.47 Å². The summed E-state index contributed by atoms with van der Waals surface area (Å²) in [4.78, 5) is 33.6. The summed E-state index contributed by atoms with van der Waals surface area (Å²) in [7, 11) is 0. The lowest BCUT2D eigenvalue weighted by Crippen LogP contribution is -2.40. The molecule has 0 aromatic heterocycles. The van der Waals surface area contributed by atoms with E-state index in [1.807, 2.05) is 0 Å². The Kier molecular flexibility index (Phi) is 8.89. The highest BCUT2D eigenvalue weighted by atomic mass is 16.7. The van der Waals surface area contributed by atoms with Gasteiger partial charge in [0.25, 0.3) is 5.91 Å². The van der Waals surface area contributed by atoms with Crippen molar-refractivity contribution in [3.8, 4) is 0 Å². The Morgan fingerprint density at radius 3 is 1.95 bits per heavy atom. The van der Waals surface area contributed by atoms with Gasteiger partial charge in [-0.25, -0.2) is 9.59 Å². The average Bonchev–Trinajstić information content (AvgIpc) is 2.36. The van der Waals surface area contributed by atoms with E-state index in [9.17, 15) is 14.4 Å². The summed E-state index contributed by atoms with van der Waals surface area (Å²) in [5.74, 6) is -0.516. The van der Waals surface area contributed by atoms with Gasteiger partial charge in [0.1, 0.15) is 6.10 Å². The van der Waals surface area contributed by atoms with Crippen LogP contribution >= 0.6 is 0 Å². The normalized spacial score (nSPS) is 12.8. The molecule has 0 unspecified atom stereocenters. The summed E-state index contributed by atoms with van der Waals surface area (Å²) >= 11 is 0. The summed E-state index contributed by atoms with van der Waals surface area (Å²) in [6.07, 6.45) is -3.27. The Labute approximate surface area is 117 Å². The molecule has 0 aliphatic heterocycles. The third kappa shape index (κ3) is 8.17. The third-order valence-electron chi connectivity index (χ3n) is 2.03. The summed E-state index contributed by atoms with van der Waals surface area (Å²) in [6.45, 7) is 6.73. The Bertz CT molecular complexity index is 332. The van der Waals surface area contributed by atoms with E-state index in [1.54, 1.807) is 20.8 Å². The predicted octanol–water partition coefficient (Wildman–Crippen LogP) is 1.23. The van der Waals surface area contributed by atoms with Gasteiger partial charge in [0.15, 0.2) is 6.10 Å². The third-order valence-corrected chi connectivity index (χ3v) is 2.03. The van der Waals surface area contributed by atoms with Crippen LogP contribution in [0.5, 0.6) is 0 Å². The topological polar surface area (TPSA) is 100 Å². The van der Waals surface area contributed by atoms with Crippen LogP contribution < -0.4 is 5.32 Å². The second kappa shape index (κ2) is 9.88. The summed E-state index contributed by atoms with van der Waals surface area (Å²) in [5, 5.41) is 2.47. The molecule has 0 rings (SSSR count). The number of nitrogens with one attached hydrogen (secondary N) is 1. The second-order valence-electron chi connectivity index (χ2n) is 3.80. The molecule has 0 aliphatic rings. The fourth-order valence-electron chi connectivity index (χ4n) is 1.10. The zero-order valence-corrected chi connectivity index (χ0v) is 12.1. The van der Waals surface area contributed by atoms with Gasteiger partial charge in [0.05, 0.1) is 19.8 Å². The van der Waals surface area contributed by atoms with E-state index in [0.29, 0.717) is 0 Å². The Hall–Kier alpha value is -1.99. The Morgan fingerprint density at radius 2 is 1.45 bits per heavy atom. The fourth-order valence-corrected chi connectivity index (χ4v) is 1.10. The molecule has 0 saturated carbocycles. The minimum atomic E-state index is -0.996. The van der Waals surface area contributed by atoms with Gasteiger partial charge in [-0.1, -0.05) is 0 Å². The number of amides is 1. The second-order valence-corrected chi connectivity index (χ2v) is 3.80. The Balaban J connectivity index is 3.96. The van der Waals surface area contributed by atoms with Gasteiger partial charge >= 0.3 is 12.3 Å². The lowest BCUT2D eigenvalue weighted by atomic mass is 10.3. The van der Waals surface area contributed by atoms with Gasteiger partial charge in [-0.15, -0.1) is 0 Å². The predicted molar refractivity (Wildman–Crippen MR) is 68.1 cm³/mol. The van der Waals surface area contributed by atoms with Crippen molar-refractivity contribution in [3.05, 3.63) is 0 Å². The molecular formula is C12H21NO7. The van der Waals surface area contributed by atoms with Crippen LogP contribution in [0.15, 0.2) is 0 Å². The molecule has 116 valence electrons. The van der Waals surface area contributed by atoms with Gasteiger partial charge in [-0.3, -0.25) is 4.79 Å². The molecule has 20 heavy (non-hydrogen) atoms. The molecule has 0 fully saturated rings. The van der Waals surface area contributed by atoms with Crippen LogP contribution in [-0.2, 0) is 23.7 Å². The van der Waals surface area contributed by atoms with E-state index < -0.39 is 30.4 Å². The molecule has 0 bridgehead atoms. The molecule has 0 aromatic rings. The summed E-state index contributed by atoms with van der Waals surface area (Å²) in [6, 6.07) is 0. The molecule has 0 spiro atoms. The molecule has 0 aliphatic carbocycles. The lowest BCUT2D eigenvalue weighted by molar-refractivity contribution is -0.130. The number of hydrogen-bond donors (Lipinski definition) is 1. The van der Waals surface area contributed by atoms with E-state index in [0.717, 1.165) is 0 Å². The maximum absolute atomic E-state index is 11.6. The van der Waals surface area contributed by atoms with Gasteiger partial charge in [-0.05, 0) is 27.7 Å². The monoisotopic (exact) mass is 291 g/mol. The van der Waals surface area contributed by atoms with Crippen LogP contribution in [0, 0.1) is 0 Å². The number of carbonyl (C=O) groups is 3. The zero-order valence-electron chi connectivity index (χ0n) is 12.1. The van der Waals surface area contributed by atoms with Crippen molar-refractivity contribution < 1.29 is 33.3 Å². The van der Waals surface area contributed by atoms with Crippen LogP contribution in [0.2, 0.25) is 0 Å². The molecule has 0 saturated heterocycles. The molecule has 8 heteroatoms. The molecule has 1 amide bonds. The molecule has 1 N–H and O–H groups in total. The minimum absolute atomic E-state index is 0.0776. The average molecular weight is 291 g/mol. The standard InChI is InChI=1S/C12H21NO7/c1-5-17-11(15)19-8(3)7-13-10(14)9(4)20-12(16)18-6-2/h8-9H,5-7H2,1-4H3,(H,13,14)/t8-,9+/m0/s1. The van der Waals surface area contributed by atoms with Gasteiger partial charge < -0.3 is 24.3 Å².